The highest BCUT2D eigenvalue weighted by atomic mass is 19.3. The van der Waals surface area contributed by atoms with Crippen LogP contribution in [0.15, 0.2) is 6.20 Å². The minimum Gasteiger partial charge on any atom is -0.478 e. The normalized spacial score (nSPS) is 10.8. The topological polar surface area (TPSA) is 55.1 Å². The zero-order chi connectivity index (χ0) is 10.0. The van der Waals surface area contributed by atoms with Gasteiger partial charge in [-0.25, -0.2) is 13.6 Å². The number of aryl methyl sites for hydroxylation is 1. The zero-order valence-electron chi connectivity index (χ0n) is 6.87. The van der Waals surface area contributed by atoms with E-state index in [9.17, 15) is 13.6 Å². The van der Waals surface area contributed by atoms with E-state index in [4.69, 9.17) is 5.11 Å². The van der Waals surface area contributed by atoms with Crippen LogP contribution in [0.25, 0.3) is 0 Å². The lowest BCUT2D eigenvalue weighted by Gasteiger charge is -1.97. The Hall–Kier alpha value is -1.46. The van der Waals surface area contributed by atoms with Crippen LogP contribution < -0.4 is 0 Å². The summed E-state index contributed by atoms with van der Waals surface area (Å²) in [5.74, 6) is -1.15. The maximum atomic E-state index is 11.9. The number of alkyl halides is 2. The standard InChI is InChI=1S/C7H8F2N2O2/c1-4-5(7(12)13)2-11(10-4)3-6(8)9/h2,6H,3H2,1H3,(H,12,13). The Balaban J connectivity index is 2.89. The van der Waals surface area contributed by atoms with E-state index in [0.29, 0.717) is 0 Å². The lowest BCUT2D eigenvalue weighted by molar-refractivity contribution is 0.0695. The maximum Gasteiger partial charge on any atom is 0.339 e. The van der Waals surface area contributed by atoms with Crippen LogP contribution in [0.2, 0.25) is 0 Å². The van der Waals surface area contributed by atoms with Gasteiger partial charge in [-0.05, 0) is 6.92 Å². The number of carboxylic acid groups (broad SMARTS) is 1. The molecular formula is C7H8F2N2O2. The Morgan fingerprint density at radius 1 is 1.77 bits per heavy atom. The molecule has 1 heterocycles. The molecular weight excluding hydrogens is 182 g/mol. The molecule has 1 aromatic rings. The van der Waals surface area contributed by atoms with Crippen molar-refractivity contribution in [2.45, 2.75) is 19.9 Å². The Bertz CT molecular complexity index is 322. The van der Waals surface area contributed by atoms with E-state index in [1.165, 1.54) is 6.92 Å². The molecule has 0 bridgehead atoms. The third-order valence-electron chi connectivity index (χ3n) is 1.50. The summed E-state index contributed by atoms with van der Waals surface area (Å²) in [6.07, 6.45) is -1.43. The summed E-state index contributed by atoms with van der Waals surface area (Å²) >= 11 is 0. The first-order valence-electron chi connectivity index (χ1n) is 3.56. The summed E-state index contributed by atoms with van der Waals surface area (Å²) in [5, 5.41) is 12.2. The van der Waals surface area contributed by atoms with Gasteiger partial charge in [0.15, 0.2) is 0 Å². The van der Waals surface area contributed by atoms with Gasteiger partial charge in [-0.1, -0.05) is 0 Å². The SMILES string of the molecule is Cc1nn(CC(F)F)cc1C(=O)O. The third kappa shape index (κ3) is 2.24. The number of carboxylic acids is 1. The van der Waals surface area contributed by atoms with Crippen molar-refractivity contribution >= 4 is 5.97 Å². The van der Waals surface area contributed by atoms with Gasteiger partial charge in [0.2, 0.25) is 0 Å². The molecule has 0 saturated heterocycles. The van der Waals surface area contributed by atoms with Crippen molar-refractivity contribution in [1.82, 2.24) is 9.78 Å². The number of hydrogen-bond acceptors (Lipinski definition) is 2. The van der Waals surface area contributed by atoms with E-state index < -0.39 is 18.9 Å². The minimum atomic E-state index is -2.53. The minimum absolute atomic E-state index is 0.0411. The molecule has 0 aliphatic carbocycles. The largest absolute Gasteiger partial charge is 0.478 e. The number of aromatic carboxylic acids is 1. The second kappa shape index (κ2) is 3.51. The van der Waals surface area contributed by atoms with Gasteiger partial charge in [-0.3, -0.25) is 4.68 Å². The summed E-state index contributed by atoms with van der Waals surface area (Å²) in [5.41, 5.74) is 0.203. The van der Waals surface area contributed by atoms with Crippen molar-refractivity contribution < 1.29 is 18.7 Å². The molecule has 13 heavy (non-hydrogen) atoms. The second-order valence-electron chi connectivity index (χ2n) is 2.55. The Morgan fingerprint density at radius 3 is 2.77 bits per heavy atom. The molecule has 0 saturated carbocycles. The first kappa shape index (κ1) is 9.63. The van der Waals surface area contributed by atoms with E-state index >= 15 is 0 Å². The van der Waals surface area contributed by atoms with Crippen LogP contribution in [0.1, 0.15) is 16.1 Å². The van der Waals surface area contributed by atoms with Crippen molar-refractivity contribution in [1.29, 1.82) is 0 Å². The molecule has 0 aromatic carbocycles. The van der Waals surface area contributed by atoms with Crippen molar-refractivity contribution in [3.8, 4) is 0 Å². The van der Waals surface area contributed by atoms with Gasteiger partial charge in [0.25, 0.3) is 6.43 Å². The average Bonchev–Trinajstić information content (AvgIpc) is 2.29. The number of nitrogens with zero attached hydrogens (tertiary/aromatic N) is 2. The number of rotatable bonds is 3. The van der Waals surface area contributed by atoms with Crippen molar-refractivity contribution in [2.75, 3.05) is 0 Å². The van der Waals surface area contributed by atoms with Crippen LogP contribution in [-0.4, -0.2) is 27.3 Å². The van der Waals surface area contributed by atoms with E-state index in [0.717, 1.165) is 10.9 Å². The Labute approximate surface area is 72.8 Å². The van der Waals surface area contributed by atoms with Gasteiger partial charge < -0.3 is 5.11 Å². The maximum absolute atomic E-state index is 11.9. The monoisotopic (exact) mass is 190 g/mol. The van der Waals surface area contributed by atoms with E-state index in [-0.39, 0.29) is 11.3 Å². The molecule has 0 atom stereocenters. The predicted octanol–water partition coefficient (Wildman–Crippen LogP) is 1.15. The molecule has 0 spiro atoms. The predicted molar refractivity (Wildman–Crippen MR) is 39.9 cm³/mol. The van der Waals surface area contributed by atoms with Gasteiger partial charge in [0, 0.05) is 6.20 Å². The van der Waals surface area contributed by atoms with Gasteiger partial charge in [-0.2, -0.15) is 5.10 Å². The molecule has 1 N–H and O–H groups in total. The van der Waals surface area contributed by atoms with Gasteiger partial charge in [-0.15, -0.1) is 0 Å². The quantitative estimate of drug-likeness (QED) is 0.777. The van der Waals surface area contributed by atoms with Crippen LogP contribution in [0.4, 0.5) is 8.78 Å². The van der Waals surface area contributed by atoms with Crippen LogP contribution in [-0.2, 0) is 6.54 Å². The first-order chi connectivity index (χ1) is 6.00. The molecule has 72 valence electrons. The molecule has 0 fully saturated rings. The van der Waals surface area contributed by atoms with Gasteiger partial charge in [0.1, 0.15) is 12.1 Å². The third-order valence-corrected chi connectivity index (χ3v) is 1.50. The number of carbonyl (C=O) groups is 1. The van der Waals surface area contributed by atoms with E-state index in [2.05, 4.69) is 5.10 Å². The van der Waals surface area contributed by atoms with Crippen molar-refractivity contribution in [3.63, 3.8) is 0 Å². The highest BCUT2D eigenvalue weighted by Crippen LogP contribution is 2.07. The first-order valence-corrected chi connectivity index (χ1v) is 3.56. The van der Waals surface area contributed by atoms with E-state index in [1.807, 2.05) is 0 Å². The lowest BCUT2D eigenvalue weighted by Crippen LogP contribution is -2.06. The lowest BCUT2D eigenvalue weighted by atomic mass is 10.3. The van der Waals surface area contributed by atoms with Gasteiger partial charge in [0.05, 0.1) is 5.69 Å². The summed E-state index contributed by atoms with van der Waals surface area (Å²) in [4.78, 5) is 10.5. The number of hydrogen-bond donors (Lipinski definition) is 1. The Kier molecular flexibility index (Phi) is 2.60. The molecule has 0 unspecified atom stereocenters. The fraction of sp³-hybridized carbons (Fsp3) is 0.429. The fourth-order valence-corrected chi connectivity index (χ4v) is 0.963. The number of aromatic nitrogens is 2. The summed E-state index contributed by atoms with van der Waals surface area (Å²) < 4.78 is 24.6. The summed E-state index contributed by atoms with van der Waals surface area (Å²) in [6, 6.07) is 0. The molecule has 4 nitrogen and oxygen atoms in total. The van der Waals surface area contributed by atoms with Crippen LogP contribution >= 0.6 is 0 Å². The average molecular weight is 190 g/mol. The molecule has 0 radical (unpaired) electrons. The molecule has 0 aliphatic heterocycles. The van der Waals surface area contributed by atoms with Crippen molar-refractivity contribution in [2.24, 2.45) is 0 Å². The van der Waals surface area contributed by atoms with Crippen LogP contribution in [0, 0.1) is 6.92 Å². The second-order valence-corrected chi connectivity index (χ2v) is 2.55. The highest BCUT2D eigenvalue weighted by Gasteiger charge is 2.13. The van der Waals surface area contributed by atoms with E-state index in [1.54, 1.807) is 0 Å². The molecule has 6 heteroatoms. The van der Waals surface area contributed by atoms with Gasteiger partial charge >= 0.3 is 5.97 Å². The van der Waals surface area contributed by atoms with Crippen LogP contribution in [0.3, 0.4) is 0 Å². The molecule has 1 rings (SSSR count). The van der Waals surface area contributed by atoms with Crippen molar-refractivity contribution in [3.05, 3.63) is 17.5 Å². The molecule has 0 amide bonds. The Morgan fingerprint density at radius 2 is 2.38 bits per heavy atom. The molecule has 0 aliphatic rings. The fourth-order valence-electron chi connectivity index (χ4n) is 0.963. The zero-order valence-corrected chi connectivity index (χ0v) is 6.87. The summed E-state index contributed by atoms with van der Waals surface area (Å²) in [6.45, 7) is 0.888. The number of halogens is 2. The summed E-state index contributed by atoms with van der Waals surface area (Å²) in [7, 11) is 0. The smallest absolute Gasteiger partial charge is 0.339 e. The van der Waals surface area contributed by atoms with Crippen LogP contribution in [0.5, 0.6) is 0 Å². The highest BCUT2D eigenvalue weighted by molar-refractivity contribution is 5.88. The molecule has 1 aromatic heterocycles.